The second kappa shape index (κ2) is 15.0. The fourth-order valence-electron chi connectivity index (χ4n) is 2.31. The number of nitrogens with two attached hydrogens (primary N) is 1. The van der Waals surface area contributed by atoms with E-state index < -0.39 is 0 Å². The van der Waals surface area contributed by atoms with Crippen LogP contribution >= 0.6 is 24.8 Å². The Labute approximate surface area is 137 Å². The standard InChI is InChI=1S/C16H27N.2ClH.H3N/c1-3-5-7-10-14-11-9-13-16(17)15(14)12-8-6-4-2;;;/h9,11,13H,3-8,10,12,17H2,1-2H3;2*1H;1H3. The summed E-state index contributed by atoms with van der Waals surface area (Å²) in [4.78, 5) is 0. The van der Waals surface area contributed by atoms with Crippen molar-refractivity contribution in [1.82, 2.24) is 6.15 Å². The maximum Gasteiger partial charge on any atom is 0.0349 e. The molecule has 1 aromatic rings. The molecule has 0 aliphatic rings. The number of halogens is 2. The molecule has 1 rings (SSSR count). The molecule has 0 unspecified atom stereocenters. The normalized spacial score (nSPS) is 9.10. The lowest BCUT2D eigenvalue weighted by Gasteiger charge is -2.12. The summed E-state index contributed by atoms with van der Waals surface area (Å²) < 4.78 is 0. The Morgan fingerprint density at radius 1 is 0.850 bits per heavy atom. The summed E-state index contributed by atoms with van der Waals surface area (Å²) in [7, 11) is 0. The third kappa shape index (κ3) is 8.68. The van der Waals surface area contributed by atoms with E-state index in [9.17, 15) is 0 Å². The van der Waals surface area contributed by atoms with Crippen LogP contribution in [0.1, 0.15) is 63.5 Å². The van der Waals surface area contributed by atoms with Crippen LogP contribution in [-0.2, 0) is 12.8 Å². The lowest BCUT2D eigenvalue weighted by Crippen LogP contribution is -2.00. The monoisotopic (exact) mass is 322 g/mol. The Morgan fingerprint density at radius 2 is 1.40 bits per heavy atom. The fraction of sp³-hybridized carbons (Fsp3) is 0.625. The van der Waals surface area contributed by atoms with Crippen LogP contribution < -0.4 is 11.9 Å². The van der Waals surface area contributed by atoms with Crippen LogP contribution in [0, 0.1) is 0 Å². The highest BCUT2D eigenvalue weighted by Crippen LogP contribution is 2.21. The van der Waals surface area contributed by atoms with Gasteiger partial charge in [0.2, 0.25) is 0 Å². The molecule has 0 saturated carbocycles. The molecule has 0 radical (unpaired) electrons. The number of hydrogen-bond acceptors (Lipinski definition) is 2. The van der Waals surface area contributed by atoms with Crippen LogP contribution in [0.2, 0.25) is 0 Å². The van der Waals surface area contributed by atoms with Crippen molar-refractivity contribution in [3.63, 3.8) is 0 Å². The number of nitrogen functional groups attached to an aromatic ring is 1. The van der Waals surface area contributed by atoms with Crippen LogP contribution in [0.4, 0.5) is 5.69 Å². The summed E-state index contributed by atoms with van der Waals surface area (Å²) in [6, 6.07) is 6.40. The van der Waals surface area contributed by atoms with E-state index in [1.165, 1.54) is 56.1 Å². The second-order valence-corrected chi connectivity index (χ2v) is 4.90. The minimum absolute atomic E-state index is 0. The van der Waals surface area contributed by atoms with Crippen LogP contribution in [0.5, 0.6) is 0 Å². The van der Waals surface area contributed by atoms with Crippen molar-refractivity contribution in [3.8, 4) is 0 Å². The zero-order valence-electron chi connectivity index (χ0n) is 13.0. The molecule has 5 N–H and O–H groups in total. The molecular weight excluding hydrogens is 291 g/mol. The molecule has 0 aliphatic carbocycles. The van der Waals surface area contributed by atoms with Crippen LogP contribution in [0.3, 0.4) is 0 Å². The zero-order chi connectivity index (χ0) is 12.5. The Bertz CT molecular complexity index is 330. The molecule has 0 heterocycles. The first kappa shape index (κ1) is 24.6. The largest absolute Gasteiger partial charge is 0.398 e. The van der Waals surface area contributed by atoms with Crippen LogP contribution in [0.25, 0.3) is 0 Å². The van der Waals surface area contributed by atoms with Gasteiger partial charge in [0, 0.05) is 5.69 Å². The van der Waals surface area contributed by atoms with Gasteiger partial charge in [0.15, 0.2) is 0 Å². The van der Waals surface area contributed by atoms with E-state index >= 15 is 0 Å². The van der Waals surface area contributed by atoms with Crippen molar-refractivity contribution >= 4 is 30.5 Å². The van der Waals surface area contributed by atoms with Gasteiger partial charge in [-0.2, -0.15) is 0 Å². The van der Waals surface area contributed by atoms with Gasteiger partial charge < -0.3 is 11.9 Å². The third-order valence-electron chi connectivity index (χ3n) is 3.39. The third-order valence-corrected chi connectivity index (χ3v) is 3.39. The van der Waals surface area contributed by atoms with E-state index in [1.54, 1.807) is 0 Å². The topological polar surface area (TPSA) is 61.0 Å². The molecule has 0 fully saturated rings. The quantitative estimate of drug-likeness (QED) is 0.473. The summed E-state index contributed by atoms with van der Waals surface area (Å²) in [5.41, 5.74) is 10.00. The maximum absolute atomic E-state index is 6.11. The lowest BCUT2D eigenvalue weighted by molar-refractivity contribution is 0.694. The van der Waals surface area contributed by atoms with Gasteiger partial charge in [0.05, 0.1) is 0 Å². The van der Waals surface area contributed by atoms with Gasteiger partial charge >= 0.3 is 0 Å². The number of benzene rings is 1. The van der Waals surface area contributed by atoms with Gasteiger partial charge in [0.1, 0.15) is 0 Å². The molecule has 1 aromatic carbocycles. The van der Waals surface area contributed by atoms with Crippen molar-refractivity contribution in [1.29, 1.82) is 0 Å². The first-order chi connectivity index (χ1) is 8.29. The van der Waals surface area contributed by atoms with Gasteiger partial charge in [-0.05, 0) is 42.9 Å². The molecule has 120 valence electrons. The average Bonchev–Trinajstić information content (AvgIpc) is 2.33. The molecule has 0 aliphatic heterocycles. The smallest absolute Gasteiger partial charge is 0.0349 e. The first-order valence-electron chi connectivity index (χ1n) is 7.15. The zero-order valence-corrected chi connectivity index (χ0v) is 14.6. The number of anilines is 1. The summed E-state index contributed by atoms with van der Waals surface area (Å²) in [5, 5.41) is 0. The van der Waals surface area contributed by atoms with Gasteiger partial charge in [-0.1, -0.05) is 51.7 Å². The van der Waals surface area contributed by atoms with E-state index in [4.69, 9.17) is 5.73 Å². The summed E-state index contributed by atoms with van der Waals surface area (Å²) in [5.74, 6) is 0. The molecule has 0 atom stereocenters. The molecular formula is C16H32Cl2N2. The summed E-state index contributed by atoms with van der Waals surface area (Å²) in [6.07, 6.45) is 10.1. The number of rotatable bonds is 8. The Hall–Kier alpha value is -0.440. The molecule has 20 heavy (non-hydrogen) atoms. The number of unbranched alkanes of at least 4 members (excludes halogenated alkanes) is 4. The van der Waals surface area contributed by atoms with Gasteiger partial charge in [-0.25, -0.2) is 0 Å². The van der Waals surface area contributed by atoms with Crippen molar-refractivity contribution in [2.45, 2.75) is 65.2 Å². The summed E-state index contributed by atoms with van der Waals surface area (Å²) >= 11 is 0. The first-order valence-corrected chi connectivity index (χ1v) is 7.15. The van der Waals surface area contributed by atoms with Gasteiger partial charge in [-0.3, -0.25) is 0 Å². The summed E-state index contributed by atoms with van der Waals surface area (Å²) in [6.45, 7) is 4.50. The molecule has 0 bridgehead atoms. The van der Waals surface area contributed by atoms with Crippen molar-refractivity contribution in [2.75, 3.05) is 5.73 Å². The van der Waals surface area contributed by atoms with E-state index in [0.717, 1.165) is 12.1 Å². The highest BCUT2D eigenvalue weighted by molar-refractivity contribution is 5.85. The molecule has 2 nitrogen and oxygen atoms in total. The predicted octanol–water partition coefficient (Wildman–Crippen LogP) is 5.74. The molecule has 0 amide bonds. The van der Waals surface area contributed by atoms with Crippen LogP contribution in [0.15, 0.2) is 18.2 Å². The predicted molar refractivity (Wildman–Crippen MR) is 96.8 cm³/mol. The highest BCUT2D eigenvalue weighted by atomic mass is 35.5. The molecule has 0 aromatic heterocycles. The minimum atomic E-state index is 0. The Kier molecular flexibility index (Phi) is 18.4. The average molecular weight is 323 g/mol. The van der Waals surface area contributed by atoms with Crippen molar-refractivity contribution in [2.24, 2.45) is 0 Å². The van der Waals surface area contributed by atoms with E-state index in [-0.39, 0.29) is 31.0 Å². The molecule has 0 saturated heterocycles. The Morgan fingerprint density at radius 3 is 1.95 bits per heavy atom. The SMILES string of the molecule is CCCCCc1cccc(N)c1CCCCC.Cl.Cl.N. The minimum Gasteiger partial charge on any atom is -0.398 e. The molecule has 4 heteroatoms. The number of hydrogen-bond donors (Lipinski definition) is 2. The highest BCUT2D eigenvalue weighted by Gasteiger charge is 2.05. The van der Waals surface area contributed by atoms with Crippen molar-refractivity contribution < 1.29 is 0 Å². The lowest BCUT2D eigenvalue weighted by atomic mass is 9.96. The maximum atomic E-state index is 6.11. The van der Waals surface area contributed by atoms with E-state index in [2.05, 4.69) is 26.0 Å². The van der Waals surface area contributed by atoms with Crippen molar-refractivity contribution in [3.05, 3.63) is 29.3 Å². The van der Waals surface area contributed by atoms with Gasteiger partial charge in [-0.15, -0.1) is 24.8 Å². The van der Waals surface area contributed by atoms with Gasteiger partial charge in [0.25, 0.3) is 0 Å². The fourth-order valence-corrected chi connectivity index (χ4v) is 2.31. The number of aryl methyl sites for hydroxylation is 1. The molecule has 0 spiro atoms. The second-order valence-electron chi connectivity index (χ2n) is 4.90. The Balaban J connectivity index is -0.000000963. The van der Waals surface area contributed by atoms with E-state index in [1.807, 2.05) is 6.07 Å². The van der Waals surface area contributed by atoms with Crippen LogP contribution in [-0.4, -0.2) is 0 Å². The van der Waals surface area contributed by atoms with E-state index in [0.29, 0.717) is 0 Å².